The third-order valence-electron chi connectivity index (χ3n) is 4.30. The highest BCUT2D eigenvalue weighted by molar-refractivity contribution is 6.30. The van der Waals surface area contributed by atoms with Gasteiger partial charge in [-0.1, -0.05) is 38.4 Å². The Morgan fingerprint density at radius 1 is 1.38 bits per heavy atom. The molecule has 0 amide bonds. The first kappa shape index (κ1) is 16.6. The highest BCUT2D eigenvalue weighted by Gasteiger charge is 2.30. The summed E-state index contributed by atoms with van der Waals surface area (Å²) in [6, 6.07) is 8.06. The van der Waals surface area contributed by atoms with E-state index in [0.29, 0.717) is 5.92 Å². The van der Waals surface area contributed by atoms with Crippen molar-refractivity contribution in [1.82, 2.24) is 0 Å². The van der Waals surface area contributed by atoms with Crippen LogP contribution >= 0.6 is 11.6 Å². The lowest BCUT2D eigenvalue weighted by Crippen LogP contribution is -2.48. The molecule has 3 unspecified atom stereocenters. The van der Waals surface area contributed by atoms with Crippen LogP contribution in [0, 0.1) is 11.3 Å². The molecular weight excluding hydrogens is 284 g/mol. The molecule has 21 heavy (non-hydrogen) atoms. The first-order valence-corrected chi connectivity index (χ1v) is 8.07. The minimum absolute atomic E-state index is 0.0809. The molecule has 0 aliphatic carbocycles. The molecule has 2 rings (SSSR count). The first-order valence-electron chi connectivity index (χ1n) is 7.70. The van der Waals surface area contributed by atoms with E-state index in [1.54, 1.807) is 0 Å². The molecular formula is C17H27ClN2O. The summed E-state index contributed by atoms with van der Waals surface area (Å²) < 4.78 is 0. The molecule has 0 bridgehead atoms. The quantitative estimate of drug-likeness (QED) is 0.900. The zero-order chi connectivity index (χ0) is 15.6. The number of benzene rings is 1. The zero-order valence-electron chi connectivity index (χ0n) is 13.2. The SMILES string of the molecule is CC(C)(C)C(O)CC1CC(N)CN(c2cccc(Cl)c2)C1. The molecule has 0 aromatic heterocycles. The summed E-state index contributed by atoms with van der Waals surface area (Å²) in [6.45, 7) is 8.02. The van der Waals surface area contributed by atoms with Crippen molar-refractivity contribution in [2.75, 3.05) is 18.0 Å². The number of nitrogens with two attached hydrogens (primary N) is 1. The van der Waals surface area contributed by atoms with E-state index in [0.717, 1.165) is 36.6 Å². The molecule has 1 fully saturated rings. The van der Waals surface area contributed by atoms with Gasteiger partial charge in [0, 0.05) is 29.8 Å². The van der Waals surface area contributed by atoms with Gasteiger partial charge in [-0.2, -0.15) is 0 Å². The number of hydrogen-bond donors (Lipinski definition) is 2. The summed E-state index contributed by atoms with van der Waals surface area (Å²) in [6.07, 6.45) is 1.48. The van der Waals surface area contributed by atoms with E-state index in [1.807, 2.05) is 18.2 Å². The Morgan fingerprint density at radius 2 is 2.10 bits per heavy atom. The second kappa shape index (κ2) is 6.55. The summed E-state index contributed by atoms with van der Waals surface area (Å²) in [5.74, 6) is 0.418. The zero-order valence-corrected chi connectivity index (χ0v) is 14.0. The molecule has 3 atom stereocenters. The average molecular weight is 311 g/mol. The number of halogens is 1. The molecule has 1 heterocycles. The maximum absolute atomic E-state index is 10.3. The highest BCUT2D eigenvalue weighted by Crippen LogP contribution is 2.31. The largest absolute Gasteiger partial charge is 0.393 e. The van der Waals surface area contributed by atoms with Gasteiger partial charge < -0.3 is 15.7 Å². The second-order valence-electron chi connectivity index (χ2n) is 7.36. The van der Waals surface area contributed by atoms with Gasteiger partial charge in [0.05, 0.1) is 6.10 Å². The average Bonchev–Trinajstić information content (AvgIpc) is 2.37. The Labute approximate surface area is 133 Å². The van der Waals surface area contributed by atoms with Crippen molar-refractivity contribution < 1.29 is 5.11 Å². The van der Waals surface area contributed by atoms with Gasteiger partial charge in [-0.05, 0) is 42.4 Å². The number of hydrogen-bond acceptors (Lipinski definition) is 3. The third-order valence-corrected chi connectivity index (χ3v) is 4.53. The van der Waals surface area contributed by atoms with Crippen LogP contribution < -0.4 is 10.6 Å². The summed E-state index contributed by atoms with van der Waals surface area (Å²) in [4.78, 5) is 2.29. The van der Waals surface area contributed by atoms with E-state index in [4.69, 9.17) is 17.3 Å². The fourth-order valence-corrected chi connectivity index (χ4v) is 3.15. The Kier molecular flexibility index (Phi) is 5.18. The predicted octanol–water partition coefficient (Wildman–Crippen LogP) is 3.29. The normalized spacial score (nSPS) is 25.0. The molecule has 1 saturated heterocycles. The summed E-state index contributed by atoms with van der Waals surface area (Å²) in [5, 5.41) is 11.1. The van der Waals surface area contributed by atoms with E-state index >= 15 is 0 Å². The monoisotopic (exact) mass is 310 g/mol. The molecule has 1 aliphatic heterocycles. The van der Waals surface area contributed by atoms with Crippen LogP contribution in [0.3, 0.4) is 0 Å². The number of aliphatic hydroxyl groups is 1. The Bertz CT molecular complexity index is 472. The minimum atomic E-state index is -0.297. The smallest absolute Gasteiger partial charge is 0.0591 e. The molecule has 1 aromatic carbocycles. The lowest BCUT2D eigenvalue weighted by Gasteiger charge is -2.40. The Hall–Kier alpha value is -0.770. The van der Waals surface area contributed by atoms with E-state index in [1.165, 1.54) is 0 Å². The fraction of sp³-hybridized carbons (Fsp3) is 0.647. The molecule has 118 valence electrons. The van der Waals surface area contributed by atoms with Gasteiger partial charge in [-0.3, -0.25) is 0 Å². The van der Waals surface area contributed by atoms with Crippen LogP contribution in [0.1, 0.15) is 33.6 Å². The van der Waals surface area contributed by atoms with Crippen molar-refractivity contribution in [3.8, 4) is 0 Å². The lowest BCUT2D eigenvalue weighted by molar-refractivity contribution is 0.0381. The van der Waals surface area contributed by atoms with Crippen molar-refractivity contribution in [3.63, 3.8) is 0 Å². The first-order chi connectivity index (χ1) is 9.75. The van der Waals surface area contributed by atoms with Crippen LogP contribution in [-0.4, -0.2) is 30.3 Å². The number of rotatable bonds is 3. The van der Waals surface area contributed by atoms with Crippen molar-refractivity contribution >= 4 is 17.3 Å². The maximum atomic E-state index is 10.3. The lowest BCUT2D eigenvalue weighted by atomic mass is 9.80. The van der Waals surface area contributed by atoms with Gasteiger partial charge >= 0.3 is 0 Å². The second-order valence-corrected chi connectivity index (χ2v) is 7.80. The number of anilines is 1. The Balaban J connectivity index is 2.06. The summed E-state index contributed by atoms with van der Waals surface area (Å²) >= 11 is 6.08. The van der Waals surface area contributed by atoms with E-state index in [-0.39, 0.29) is 17.6 Å². The third kappa shape index (κ3) is 4.60. The fourth-order valence-electron chi connectivity index (χ4n) is 2.97. The van der Waals surface area contributed by atoms with Crippen molar-refractivity contribution in [2.45, 2.75) is 45.8 Å². The van der Waals surface area contributed by atoms with E-state index in [2.05, 4.69) is 31.7 Å². The molecule has 1 aliphatic rings. The molecule has 3 nitrogen and oxygen atoms in total. The van der Waals surface area contributed by atoms with Crippen LogP contribution in [0.5, 0.6) is 0 Å². The van der Waals surface area contributed by atoms with Crippen LogP contribution in [0.2, 0.25) is 5.02 Å². The summed E-state index contributed by atoms with van der Waals surface area (Å²) in [5.41, 5.74) is 7.26. The van der Waals surface area contributed by atoms with E-state index < -0.39 is 0 Å². The predicted molar refractivity (Wildman–Crippen MR) is 89.8 cm³/mol. The highest BCUT2D eigenvalue weighted by atomic mass is 35.5. The van der Waals surface area contributed by atoms with Gasteiger partial charge in [0.1, 0.15) is 0 Å². The van der Waals surface area contributed by atoms with Crippen LogP contribution in [-0.2, 0) is 0 Å². The maximum Gasteiger partial charge on any atom is 0.0591 e. The molecule has 1 aromatic rings. The van der Waals surface area contributed by atoms with Crippen LogP contribution in [0.15, 0.2) is 24.3 Å². The van der Waals surface area contributed by atoms with Crippen molar-refractivity contribution in [1.29, 1.82) is 0 Å². The van der Waals surface area contributed by atoms with E-state index in [9.17, 15) is 5.11 Å². The standard InChI is InChI=1S/C17H27ClN2O/c1-17(2,3)16(21)8-12-7-14(19)11-20(10-12)15-6-4-5-13(18)9-15/h4-6,9,12,14,16,21H,7-8,10-11,19H2,1-3H3. The molecule has 0 spiro atoms. The topological polar surface area (TPSA) is 49.5 Å². The van der Waals surface area contributed by atoms with Gasteiger partial charge in [0.15, 0.2) is 0 Å². The van der Waals surface area contributed by atoms with Gasteiger partial charge in [-0.15, -0.1) is 0 Å². The van der Waals surface area contributed by atoms with Crippen molar-refractivity contribution in [2.24, 2.45) is 17.1 Å². The number of aliphatic hydroxyl groups excluding tert-OH is 1. The van der Waals surface area contributed by atoms with Crippen LogP contribution in [0.25, 0.3) is 0 Å². The van der Waals surface area contributed by atoms with Gasteiger partial charge in [0.2, 0.25) is 0 Å². The molecule has 0 saturated carbocycles. The minimum Gasteiger partial charge on any atom is -0.393 e. The van der Waals surface area contributed by atoms with Crippen LogP contribution in [0.4, 0.5) is 5.69 Å². The molecule has 0 radical (unpaired) electrons. The Morgan fingerprint density at radius 3 is 2.71 bits per heavy atom. The van der Waals surface area contributed by atoms with Crippen molar-refractivity contribution in [3.05, 3.63) is 29.3 Å². The van der Waals surface area contributed by atoms with Gasteiger partial charge in [-0.25, -0.2) is 0 Å². The molecule has 3 N–H and O–H groups in total. The number of nitrogens with zero attached hydrogens (tertiary/aromatic N) is 1. The van der Waals surface area contributed by atoms with Gasteiger partial charge in [0.25, 0.3) is 0 Å². The number of piperidine rings is 1. The molecule has 4 heteroatoms. The summed E-state index contributed by atoms with van der Waals surface area (Å²) in [7, 11) is 0.